The average Bonchev–Trinajstić information content (AvgIpc) is 2.49. The highest BCUT2D eigenvalue weighted by Crippen LogP contribution is 2.28. The number of anilines is 3. The Morgan fingerprint density at radius 3 is 2.81 bits per heavy atom. The van der Waals surface area contributed by atoms with Gasteiger partial charge in [-0.05, 0) is 48.4 Å². The molecular weight excluding hydrogens is 328 g/mol. The number of aryl methyl sites for hydroxylation is 1. The molecule has 106 valence electrons. The molecule has 0 amide bonds. The second-order valence-electron chi connectivity index (χ2n) is 4.78. The largest absolute Gasteiger partial charge is 0.399 e. The monoisotopic (exact) mass is 342 g/mol. The van der Waals surface area contributed by atoms with Crippen molar-refractivity contribution < 1.29 is 0 Å². The summed E-state index contributed by atoms with van der Waals surface area (Å²) in [6.07, 6.45) is 2.49. The average molecular weight is 343 g/mol. The first-order valence-corrected chi connectivity index (χ1v) is 7.52. The third-order valence-electron chi connectivity index (χ3n) is 3.36. The molecule has 0 aliphatic rings. The van der Waals surface area contributed by atoms with Gasteiger partial charge in [0.05, 0.1) is 5.52 Å². The maximum Gasteiger partial charge on any atom is 0.141 e. The molecule has 0 fully saturated rings. The number of benzene rings is 2. The van der Waals surface area contributed by atoms with Crippen molar-refractivity contribution in [1.82, 2.24) is 9.97 Å². The molecule has 0 aliphatic heterocycles. The van der Waals surface area contributed by atoms with Gasteiger partial charge >= 0.3 is 0 Å². The number of nitrogens with one attached hydrogen (secondary N) is 1. The minimum Gasteiger partial charge on any atom is -0.399 e. The normalized spacial score (nSPS) is 10.8. The van der Waals surface area contributed by atoms with Crippen LogP contribution in [0.4, 0.5) is 17.2 Å². The van der Waals surface area contributed by atoms with Crippen molar-refractivity contribution in [3.63, 3.8) is 0 Å². The Labute approximate surface area is 131 Å². The van der Waals surface area contributed by atoms with Crippen LogP contribution in [0.15, 0.2) is 47.2 Å². The minimum atomic E-state index is 0.699. The zero-order valence-electron chi connectivity index (χ0n) is 11.6. The lowest BCUT2D eigenvalue weighted by Gasteiger charge is -2.12. The third kappa shape index (κ3) is 2.83. The molecule has 0 radical (unpaired) electrons. The van der Waals surface area contributed by atoms with E-state index >= 15 is 0 Å². The highest BCUT2D eigenvalue weighted by atomic mass is 79.9. The number of aromatic nitrogens is 2. The van der Waals surface area contributed by atoms with Crippen LogP contribution in [0.5, 0.6) is 0 Å². The lowest BCUT2D eigenvalue weighted by atomic mass is 10.1. The van der Waals surface area contributed by atoms with Gasteiger partial charge in [0.25, 0.3) is 0 Å². The highest BCUT2D eigenvalue weighted by Gasteiger charge is 2.07. The molecule has 3 aromatic rings. The molecule has 0 spiro atoms. The van der Waals surface area contributed by atoms with Crippen LogP contribution in [-0.2, 0) is 6.42 Å². The van der Waals surface area contributed by atoms with Gasteiger partial charge in [-0.2, -0.15) is 0 Å². The zero-order valence-corrected chi connectivity index (χ0v) is 13.2. The van der Waals surface area contributed by atoms with Gasteiger partial charge in [-0.25, -0.2) is 9.97 Å². The van der Waals surface area contributed by atoms with Crippen LogP contribution in [0, 0.1) is 0 Å². The number of hydrogen-bond acceptors (Lipinski definition) is 4. The standard InChI is InChI=1S/C16H15BrN4/c1-2-10-7-11(17)3-6-14(10)21-16-13-5-4-12(18)8-15(13)19-9-20-16/h3-9H,2,18H2,1H3,(H,19,20,21). The summed E-state index contributed by atoms with van der Waals surface area (Å²) in [5.74, 6) is 0.789. The molecule has 2 aromatic carbocycles. The molecule has 0 atom stereocenters. The lowest BCUT2D eigenvalue weighted by molar-refractivity contribution is 1.13. The molecule has 0 saturated heterocycles. The van der Waals surface area contributed by atoms with E-state index in [0.29, 0.717) is 5.69 Å². The number of nitrogens with two attached hydrogens (primary N) is 1. The summed E-state index contributed by atoms with van der Waals surface area (Å²) in [5.41, 5.74) is 9.62. The van der Waals surface area contributed by atoms with E-state index < -0.39 is 0 Å². The highest BCUT2D eigenvalue weighted by molar-refractivity contribution is 9.10. The van der Waals surface area contributed by atoms with Gasteiger partial charge in [-0.3, -0.25) is 0 Å². The predicted octanol–water partition coefficient (Wildman–Crippen LogP) is 4.28. The van der Waals surface area contributed by atoms with E-state index in [4.69, 9.17) is 5.73 Å². The molecule has 4 nitrogen and oxygen atoms in total. The van der Waals surface area contributed by atoms with Gasteiger partial charge in [-0.15, -0.1) is 0 Å². The molecule has 0 bridgehead atoms. The van der Waals surface area contributed by atoms with E-state index in [0.717, 1.165) is 33.3 Å². The number of nitrogens with zero attached hydrogens (tertiary/aromatic N) is 2. The molecule has 21 heavy (non-hydrogen) atoms. The Morgan fingerprint density at radius 1 is 1.14 bits per heavy atom. The van der Waals surface area contributed by atoms with E-state index in [1.165, 1.54) is 5.56 Å². The first-order chi connectivity index (χ1) is 10.2. The molecule has 0 aliphatic carbocycles. The van der Waals surface area contributed by atoms with Crippen LogP contribution in [-0.4, -0.2) is 9.97 Å². The van der Waals surface area contributed by atoms with Gasteiger partial charge in [0.15, 0.2) is 0 Å². The summed E-state index contributed by atoms with van der Waals surface area (Å²) < 4.78 is 1.07. The maximum absolute atomic E-state index is 5.80. The zero-order chi connectivity index (χ0) is 14.8. The van der Waals surface area contributed by atoms with Crippen LogP contribution in [0.2, 0.25) is 0 Å². The van der Waals surface area contributed by atoms with Crippen molar-refractivity contribution in [3.8, 4) is 0 Å². The quantitative estimate of drug-likeness (QED) is 0.697. The van der Waals surface area contributed by atoms with Crippen molar-refractivity contribution in [2.24, 2.45) is 0 Å². The number of halogens is 1. The van der Waals surface area contributed by atoms with Crippen molar-refractivity contribution in [3.05, 3.63) is 52.8 Å². The van der Waals surface area contributed by atoms with Crippen molar-refractivity contribution >= 4 is 44.0 Å². The van der Waals surface area contributed by atoms with Crippen LogP contribution < -0.4 is 11.1 Å². The van der Waals surface area contributed by atoms with E-state index in [-0.39, 0.29) is 0 Å². The van der Waals surface area contributed by atoms with Crippen LogP contribution >= 0.6 is 15.9 Å². The Balaban J connectivity index is 2.06. The first-order valence-electron chi connectivity index (χ1n) is 6.73. The SMILES string of the molecule is CCc1cc(Br)ccc1Nc1ncnc2cc(N)ccc12. The van der Waals surface area contributed by atoms with Crippen LogP contribution in [0.25, 0.3) is 10.9 Å². The lowest BCUT2D eigenvalue weighted by Crippen LogP contribution is -1.99. The number of rotatable bonds is 3. The topological polar surface area (TPSA) is 63.8 Å². The molecule has 3 rings (SSSR count). The minimum absolute atomic E-state index is 0.699. The van der Waals surface area contributed by atoms with E-state index in [1.54, 1.807) is 6.33 Å². The number of fused-ring (bicyclic) bond motifs is 1. The Morgan fingerprint density at radius 2 is 2.00 bits per heavy atom. The summed E-state index contributed by atoms with van der Waals surface area (Å²) in [5, 5.41) is 4.36. The predicted molar refractivity (Wildman–Crippen MR) is 90.8 cm³/mol. The molecule has 1 aromatic heterocycles. The summed E-state index contributed by atoms with van der Waals surface area (Å²) >= 11 is 3.50. The fraction of sp³-hybridized carbons (Fsp3) is 0.125. The summed E-state index contributed by atoms with van der Waals surface area (Å²) in [6.45, 7) is 2.13. The molecule has 0 unspecified atom stereocenters. The first kappa shape index (κ1) is 13.8. The fourth-order valence-corrected chi connectivity index (χ4v) is 2.69. The van der Waals surface area contributed by atoms with Crippen molar-refractivity contribution in [1.29, 1.82) is 0 Å². The molecule has 0 saturated carbocycles. The number of nitrogen functional groups attached to an aromatic ring is 1. The summed E-state index contributed by atoms with van der Waals surface area (Å²) in [4.78, 5) is 8.62. The maximum atomic E-state index is 5.80. The fourth-order valence-electron chi connectivity index (χ4n) is 2.28. The smallest absolute Gasteiger partial charge is 0.141 e. The number of hydrogen-bond donors (Lipinski definition) is 2. The molecule has 5 heteroatoms. The van der Waals surface area contributed by atoms with E-state index in [9.17, 15) is 0 Å². The van der Waals surface area contributed by atoms with Gasteiger partial charge in [-0.1, -0.05) is 22.9 Å². The van der Waals surface area contributed by atoms with Gasteiger partial charge in [0.1, 0.15) is 12.1 Å². The molecule has 1 heterocycles. The Bertz CT molecular complexity index is 801. The third-order valence-corrected chi connectivity index (χ3v) is 3.86. The second kappa shape index (κ2) is 5.69. The van der Waals surface area contributed by atoms with Gasteiger partial charge in [0, 0.05) is 21.2 Å². The molecular formula is C16H15BrN4. The second-order valence-corrected chi connectivity index (χ2v) is 5.69. The summed E-state index contributed by atoms with van der Waals surface area (Å²) in [6, 6.07) is 11.8. The van der Waals surface area contributed by atoms with Crippen LogP contribution in [0.3, 0.4) is 0 Å². The van der Waals surface area contributed by atoms with Crippen molar-refractivity contribution in [2.45, 2.75) is 13.3 Å². The van der Waals surface area contributed by atoms with E-state index in [1.807, 2.05) is 30.3 Å². The molecule has 3 N–H and O–H groups in total. The van der Waals surface area contributed by atoms with E-state index in [2.05, 4.69) is 44.2 Å². The Hall–Kier alpha value is -2.14. The van der Waals surface area contributed by atoms with Gasteiger partial charge < -0.3 is 11.1 Å². The Kier molecular flexibility index (Phi) is 3.75. The van der Waals surface area contributed by atoms with Crippen LogP contribution in [0.1, 0.15) is 12.5 Å². The summed E-state index contributed by atoms with van der Waals surface area (Å²) in [7, 11) is 0. The van der Waals surface area contributed by atoms with Gasteiger partial charge in [0.2, 0.25) is 0 Å². The van der Waals surface area contributed by atoms with Crippen molar-refractivity contribution in [2.75, 3.05) is 11.1 Å².